The van der Waals surface area contributed by atoms with E-state index in [2.05, 4.69) is 9.47 Å². The number of aliphatic carboxylic acids is 2. The lowest BCUT2D eigenvalue weighted by Gasteiger charge is -2.07. The van der Waals surface area contributed by atoms with Crippen LogP contribution < -0.4 is 4.74 Å². The normalized spacial score (nSPS) is 12.2. The van der Waals surface area contributed by atoms with E-state index in [-0.39, 0.29) is 77.4 Å². The van der Waals surface area contributed by atoms with Crippen molar-refractivity contribution in [3.63, 3.8) is 0 Å². The van der Waals surface area contributed by atoms with Crippen molar-refractivity contribution in [2.75, 3.05) is 20.8 Å². The maximum atomic E-state index is 11.1. The molecule has 0 saturated heterocycles. The number of esters is 2. The molecule has 0 amide bonds. The van der Waals surface area contributed by atoms with E-state index in [9.17, 15) is 24.3 Å². The molecule has 0 spiro atoms. The molecule has 54 heavy (non-hydrogen) atoms. The van der Waals surface area contributed by atoms with Crippen molar-refractivity contribution in [2.45, 2.75) is 31.6 Å². The van der Waals surface area contributed by atoms with E-state index < -0.39 is 17.9 Å². The first kappa shape index (κ1) is 43.1. The van der Waals surface area contributed by atoms with Gasteiger partial charge in [-0.3, -0.25) is 14.4 Å². The number of carboxylic acids is 2. The third kappa shape index (κ3) is 13.9. The van der Waals surface area contributed by atoms with Crippen LogP contribution in [0, 0.1) is 0 Å². The third-order valence-corrected chi connectivity index (χ3v) is 7.31. The van der Waals surface area contributed by atoms with Crippen LogP contribution in [-0.2, 0) is 41.5 Å². The number of hydrogen-bond acceptors (Lipinski definition) is 14. The number of ether oxygens (including phenoxy) is 3. The van der Waals surface area contributed by atoms with Gasteiger partial charge < -0.3 is 60.2 Å². The van der Waals surface area contributed by atoms with Gasteiger partial charge in [-0.25, -0.2) is 4.79 Å². The summed E-state index contributed by atoms with van der Waals surface area (Å²) in [5, 5.41) is 80.9. The second kappa shape index (κ2) is 21.3. The van der Waals surface area contributed by atoms with Crippen molar-refractivity contribution in [1.82, 2.24) is 0 Å². The maximum Gasteiger partial charge on any atom is 0.328 e. The molecule has 0 bridgehead atoms. The zero-order chi connectivity index (χ0) is 40.4. The van der Waals surface area contributed by atoms with Crippen LogP contribution in [0.2, 0.25) is 0 Å². The van der Waals surface area contributed by atoms with Crippen molar-refractivity contribution >= 4 is 30.0 Å². The summed E-state index contributed by atoms with van der Waals surface area (Å²) in [6.45, 7) is -0.0733. The Kier molecular flexibility index (Phi) is 17.0. The number of fused-ring (bicyclic) bond motifs is 1. The molecule has 5 rings (SSSR count). The van der Waals surface area contributed by atoms with E-state index in [4.69, 9.17) is 45.6 Å². The van der Waals surface area contributed by atoms with Gasteiger partial charge in [0, 0.05) is 24.5 Å². The van der Waals surface area contributed by atoms with E-state index in [1.54, 1.807) is 24.3 Å². The minimum atomic E-state index is -1.14. The highest BCUT2D eigenvalue weighted by Gasteiger charge is 2.34. The van der Waals surface area contributed by atoms with Crippen LogP contribution in [0.15, 0.2) is 78.9 Å². The molecule has 288 valence electrons. The molecule has 0 saturated carbocycles. The lowest BCUT2D eigenvalue weighted by molar-refractivity contribution is -0.141. The van der Waals surface area contributed by atoms with Crippen LogP contribution in [0.3, 0.4) is 0 Å². The highest BCUT2D eigenvalue weighted by atomic mass is 16.5. The number of carbonyl (C=O) groups is 4. The van der Waals surface area contributed by atoms with Gasteiger partial charge in [-0.1, -0.05) is 30.3 Å². The zero-order valence-electron chi connectivity index (χ0n) is 29.1. The Balaban J connectivity index is 0.000000257. The molecule has 16 heteroatoms. The summed E-state index contributed by atoms with van der Waals surface area (Å²) in [7, 11) is 2.66. The molecule has 4 aromatic rings. The van der Waals surface area contributed by atoms with Crippen LogP contribution in [0.5, 0.6) is 46.0 Å². The average Bonchev–Trinajstić information content (AvgIpc) is 3.61. The molecule has 1 unspecified atom stereocenters. The molecule has 4 aromatic carbocycles. The van der Waals surface area contributed by atoms with Gasteiger partial charge in [0.2, 0.25) is 0 Å². The molecule has 1 aliphatic rings. The fourth-order valence-corrected chi connectivity index (χ4v) is 4.48. The number of carbonyl (C=O) groups excluding carboxylic acids is 2. The van der Waals surface area contributed by atoms with Crippen molar-refractivity contribution in [3.05, 3.63) is 101 Å². The van der Waals surface area contributed by atoms with Gasteiger partial charge in [0.15, 0.2) is 46.0 Å². The predicted octanol–water partition coefficient (Wildman–Crippen LogP) is 4.56. The standard InChI is InChI=1S/C12H10O6.2C10H12O4.C6H6O2/c13-8-3-1-6(2-4-9(14)15)10-7(12(16)17)5-18-11(8)10;2*1-14-10(13)5-3-7-2-4-8(11)9(12)6-7;7-5-3-1-2-4-6(5)8/h1-4,7,13H,5H2,(H,14,15)(H,16,17);2*2,4,6,11-12H,3,5H2,1H3;1-4,7-8H/b4-2+;;;. The second-order valence-electron chi connectivity index (χ2n) is 11.1. The molecule has 0 aromatic heterocycles. The van der Waals surface area contributed by atoms with Gasteiger partial charge in [-0.15, -0.1) is 0 Å². The van der Waals surface area contributed by atoms with Crippen molar-refractivity contribution in [2.24, 2.45) is 0 Å². The summed E-state index contributed by atoms with van der Waals surface area (Å²) < 4.78 is 14.1. The van der Waals surface area contributed by atoms with E-state index in [0.29, 0.717) is 24.0 Å². The monoisotopic (exact) mass is 752 g/mol. The van der Waals surface area contributed by atoms with Crippen LogP contribution in [0.1, 0.15) is 41.0 Å². The second-order valence-corrected chi connectivity index (χ2v) is 11.1. The molecule has 1 aliphatic heterocycles. The van der Waals surface area contributed by atoms with Gasteiger partial charge >= 0.3 is 23.9 Å². The maximum absolute atomic E-state index is 11.1. The zero-order valence-corrected chi connectivity index (χ0v) is 29.1. The lowest BCUT2D eigenvalue weighted by Crippen LogP contribution is -2.13. The lowest BCUT2D eigenvalue weighted by atomic mass is 9.95. The molecule has 1 atom stereocenters. The number of methoxy groups -OCH3 is 2. The van der Waals surface area contributed by atoms with Crippen LogP contribution >= 0.6 is 0 Å². The molecular formula is C38H40O16. The Bertz CT molecular complexity index is 1850. The van der Waals surface area contributed by atoms with Gasteiger partial charge in [-0.05, 0) is 78.1 Å². The smallest absolute Gasteiger partial charge is 0.328 e. The van der Waals surface area contributed by atoms with Crippen LogP contribution in [0.25, 0.3) is 6.08 Å². The first-order valence-corrected chi connectivity index (χ1v) is 15.8. The fraction of sp³-hybridized carbons (Fsp3) is 0.211. The molecule has 9 N–H and O–H groups in total. The van der Waals surface area contributed by atoms with Gasteiger partial charge in [0.05, 0.1) is 14.2 Å². The molecule has 0 aliphatic carbocycles. The first-order valence-electron chi connectivity index (χ1n) is 15.8. The molecule has 16 nitrogen and oxygen atoms in total. The number of carboxylic acid groups (broad SMARTS) is 2. The molecule has 0 fully saturated rings. The largest absolute Gasteiger partial charge is 0.504 e. The summed E-state index contributed by atoms with van der Waals surface area (Å²) in [6, 6.07) is 17.9. The van der Waals surface area contributed by atoms with Crippen LogP contribution in [0.4, 0.5) is 0 Å². The van der Waals surface area contributed by atoms with E-state index in [1.165, 1.54) is 68.8 Å². The molecule has 1 heterocycles. The topological polar surface area (TPSA) is 278 Å². The Morgan fingerprint density at radius 3 is 1.48 bits per heavy atom. The molecule has 0 radical (unpaired) electrons. The van der Waals surface area contributed by atoms with E-state index >= 15 is 0 Å². The van der Waals surface area contributed by atoms with Crippen molar-refractivity contribution in [3.8, 4) is 46.0 Å². The Labute approximate surface area is 308 Å². The summed E-state index contributed by atoms with van der Waals surface area (Å²) in [6.07, 6.45) is 3.69. The van der Waals surface area contributed by atoms with E-state index in [0.717, 1.165) is 17.2 Å². The summed E-state index contributed by atoms with van der Waals surface area (Å²) in [4.78, 5) is 43.1. The number of hydrogen-bond donors (Lipinski definition) is 9. The predicted molar refractivity (Wildman–Crippen MR) is 191 cm³/mol. The first-order chi connectivity index (χ1) is 25.6. The highest BCUT2D eigenvalue weighted by Crippen LogP contribution is 2.43. The number of aromatic hydroxyl groups is 7. The van der Waals surface area contributed by atoms with Crippen molar-refractivity contribution < 1.29 is 79.3 Å². The number of phenols is 7. The Morgan fingerprint density at radius 1 is 0.648 bits per heavy atom. The molecular weight excluding hydrogens is 712 g/mol. The summed E-state index contributed by atoms with van der Waals surface area (Å²) in [5.74, 6) is -4.57. The number of rotatable bonds is 9. The number of aryl methyl sites for hydroxylation is 2. The Morgan fingerprint density at radius 2 is 1.09 bits per heavy atom. The van der Waals surface area contributed by atoms with Crippen LogP contribution in [-0.4, -0.2) is 90.7 Å². The SMILES string of the molecule is COC(=O)CCc1ccc(O)c(O)c1.COC(=O)CCc1ccc(O)c(O)c1.O=C(O)/C=C/c1ccc(O)c2c1C(C(=O)O)CO2.Oc1ccccc1O. The number of para-hydroxylation sites is 2. The fourth-order valence-electron chi connectivity index (χ4n) is 4.48. The third-order valence-electron chi connectivity index (χ3n) is 7.31. The number of phenolic OH excluding ortho intramolecular Hbond substituents is 7. The summed E-state index contributed by atoms with van der Waals surface area (Å²) in [5.41, 5.74) is 2.28. The van der Waals surface area contributed by atoms with Gasteiger partial charge in [0.1, 0.15) is 12.5 Å². The average molecular weight is 753 g/mol. The quantitative estimate of drug-likeness (QED) is 0.0644. The highest BCUT2D eigenvalue weighted by molar-refractivity contribution is 5.88. The minimum absolute atomic E-state index is 0.0733. The van der Waals surface area contributed by atoms with Crippen molar-refractivity contribution in [1.29, 1.82) is 0 Å². The van der Waals surface area contributed by atoms with Gasteiger partial charge in [0.25, 0.3) is 0 Å². The summed E-state index contributed by atoms with van der Waals surface area (Å²) >= 11 is 0. The Hall–Kier alpha value is -7.10. The number of benzene rings is 4. The minimum Gasteiger partial charge on any atom is -0.504 e. The van der Waals surface area contributed by atoms with E-state index in [1.807, 2.05) is 0 Å². The van der Waals surface area contributed by atoms with Gasteiger partial charge in [-0.2, -0.15) is 0 Å².